The molecule has 162 valence electrons. The van der Waals surface area contributed by atoms with Gasteiger partial charge in [0.2, 0.25) is 12.4 Å². The Morgan fingerprint density at radius 1 is 1.23 bits per heavy atom. The molecule has 11 heteroatoms. The number of nitrogens with one attached hydrogen (secondary N) is 1. The summed E-state index contributed by atoms with van der Waals surface area (Å²) in [6.07, 6.45) is 6.34. The number of imidazole rings is 1. The summed E-state index contributed by atoms with van der Waals surface area (Å²) in [5.74, 6) is 2.46. The third-order valence-electron chi connectivity index (χ3n) is 4.84. The maximum atomic E-state index is 12.1. The van der Waals surface area contributed by atoms with E-state index in [4.69, 9.17) is 4.74 Å². The number of hydrogen-bond donors (Lipinski definition) is 1. The van der Waals surface area contributed by atoms with Crippen molar-refractivity contribution in [3.63, 3.8) is 0 Å². The first-order chi connectivity index (χ1) is 14.8. The predicted molar refractivity (Wildman–Crippen MR) is 118 cm³/mol. The highest BCUT2D eigenvalue weighted by Crippen LogP contribution is 2.24. The molecule has 0 saturated carbocycles. The number of methoxy groups -OCH3 is 1. The van der Waals surface area contributed by atoms with Crippen LogP contribution in [0.4, 0.5) is 11.6 Å². The van der Waals surface area contributed by atoms with E-state index in [0.29, 0.717) is 23.0 Å². The van der Waals surface area contributed by atoms with Crippen LogP contribution in [0, 0.1) is 6.92 Å². The first-order valence-electron chi connectivity index (χ1n) is 9.80. The maximum absolute atomic E-state index is 12.1. The van der Waals surface area contributed by atoms with Crippen LogP contribution in [-0.2, 0) is 14.8 Å². The number of anilines is 2. The zero-order chi connectivity index (χ0) is 22.2. The Labute approximate surface area is 180 Å². The molecule has 1 aliphatic heterocycles. The van der Waals surface area contributed by atoms with Crippen molar-refractivity contribution in [1.29, 1.82) is 0 Å². The molecule has 0 unspecified atom stereocenters. The standard InChI is InChI=1S/C20H24N7O3S/c1-13(2)27-14(3)23-16-10-22-19(9-17(16)27)24-18-5-6-21-20(25-18)15-11-26(12-15)31(28,29)8-7-30-4/h5-6,9-13H,7-8H2,1-4H3,(H,21,22,24,25)/q+1. The highest BCUT2D eigenvalue weighted by Gasteiger charge is 2.32. The number of rotatable bonds is 8. The zero-order valence-electron chi connectivity index (χ0n) is 17.8. The summed E-state index contributed by atoms with van der Waals surface area (Å²) >= 11 is 0. The van der Waals surface area contributed by atoms with Gasteiger partial charge in [-0.25, -0.2) is 19.9 Å². The molecule has 4 rings (SSSR count). The van der Waals surface area contributed by atoms with Crippen molar-refractivity contribution in [3.8, 4) is 0 Å². The van der Waals surface area contributed by atoms with E-state index in [0.717, 1.165) is 20.8 Å². The molecule has 0 amide bonds. The van der Waals surface area contributed by atoms with Gasteiger partial charge in [0, 0.05) is 25.4 Å². The van der Waals surface area contributed by atoms with E-state index in [1.165, 1.54) is 19.5 Å². The smallest absolute Gasteiger partial charge is 0.371 e. The molecule has 1 aliphatic rings. The number of aryl methyl sites for hydroxylation is 1. The van der Waals surface area contributed by atoms with Gasteiger partial charge in [0.05, 0.1) is 18.3 Å². The number of ether oxygens (including phenoxy) is 1. The molecule has 0 radical (unpaired) electrons. The molecule has 0 spiro atoms. The molecule has 3 aromatic rings. The van der Waals surface area contributed by atoms with Crippen LogP contribution in [0.3, 0.4) is 0 Å². The number of sulfonamides is 1. The minimum absolute atomic E-state index is 0.0905. The summed E-state index contributed by atoms with van der Waals surface area (Å²) in [5.41, 5.74) is 2.46. The topological polar surface area (TPSA) is 115 Å². The third kappa shape index (κ3) is 4.19. The van der Waals surface area contributed by atoms with Gasteiger partial charge in [-0.15, -0.1) is 0 Å². The average molecular weight is 443 g/mol. The number of allylic oxidation sites excluding steroid dienone is 1. The van der Waals surface area contributed by atoms with E-state index in [-0.39, 0.29) is 18.4 Å². The Morgan fingerprint density at radius 2 is 2.00 bits per heavy atom. The normalized spacial score (nSPS) is 13.8. The van der Waals surface area contributed by atoms with E-state index in [9.17, 15) is 8.42 Å². The molecule has 4 heterocycles. The Kier molecular flexibility index (Phi) is 5.54. The highest BCUT2D eigenvalue weighted by atomic mass is 32.2. The van der Waals surface area contributed by atoms with E-state index in [1.807, 2.05) is 13.0 Å². The quantitative estimate of drug-likeness (QED) is 0.528. The molecule has 1 N–H and O–H groups in total. The van der Waals surface area contributed by atoms with E-state index in [2.05, 4.69) is 43.7 Å². The van der Waals surface area contributed by atoms with Gasteiger partial charge in [0.1, 0.15) is 34.3 Å². The number of fused-ring (bicyclic) bond motifs is 1. The lowest BCUT2D eigenvalue weighted by Crippen LogP contribution is -2.28. The van der Waals surface area contributed by atoms with Gasteiger partial charge in [-0.1, -0.05) is 3.98 Å². The van der Waals surface area contributed by atoms with Crippen LogP contribution in [0.25, 0.3) is 16.6 Å². The van der Waals surface area contributed by atoms with Crippen LogP contribution in [0.1, 0.15) is 31.5 Å². The molecular formula is C20H24N7O3S+. The fraction of sp³-hybridized carbons (Fsp3) is 0.350. The van der Waals surface area contributed by atoms with Crippen LogP contribution in [0.15, 0.2) is 30.7 Å². The first-order valence-corrected chi connectivity index (χ1v) is 11.4. The zero-order valence-corrected chi connectivity index (χ0v) is 18.6. The van der Waals surface area contributed by atoms with Crippen LogP contribution in [0.5, 0.6) is 0 Å². The van der Waals surface area contributed by atoms with Gasteiger partial charge in [-0.3, -0.25) is 0 Å². The number of pyridine rings is 1. The maximum Gasteiger partial charge on any atom is 0.371 e. The molecule has 0 aliphatic carbocycles. The van der Waals surface area contributed by atoms with Crippen LogP contribution >= 0.6 is 0 Å². The Hall–Kier alpha value is -3.18. The summed E-state index contributed by atoms with van der Waals surface area (Å²) in [4.78, 5) is 17.7. The monoisotopic (exact) mass is 442 g/mol. The second kappa shape index (κ2) is 8.16. The second-order valence-electron chi connectivity index (χ2n) is 7.42. The third-order valence-corrected chi connectivity index (χ3v) is 6.37. The molecular weight excluding hydrogens is 418 g/mol. The van der Waals surface area contributed by atoms with Gasteiger partial charge in [0.15, 0.2) is 5.82 Å². The van der Waals surface area contributed by atoms with Crippen molar-refractivity contribution < 1.29 is 17.1 Å². The van der Waals surface area contributed by atoms with E-state index < -0.39 is 10.0 Å². The summed E-state index contributed by atoms with van der Waals surface area (Å²) < 4.78 is 32.4. The molecule has 0 saturated heterocycles. The van der Waals surface area contributed by atoms with E-state index >= 15 is 0 Å². The van der Waals surface area contributed by atoms with Crippen molar-refractivity contribution in [2.45, 2.75) is 26.8 Å². The van der Waals surface area contributed by atoms with Crippen LogP contribution in [0.2, 0.25) is 0 Å². The molecule has 10 nitrogen and oxygen atoms in total. The lowest BCUT2D eigenvalue weighted by Gasteiger charge is -2.12. The van der Waals surface area contributed by atoms with Gasteiger partial charge in [-0.2, -0.15) is 8.42 Å². The van der Waals surface area contributed by atoms with Crippen molar-refractivity contribution in [3.05, 3.63) is 42.4 Å². The van der Waals surface area contributed by atoms with Crippen LogP contribution in [-0.4, -0.2) is 62.6 Å². The lowest BCUT2D eigenvalue weighted by molar-refractivity contribution is -0.281. The second-order valence-corrected chi connectivity index (χ2v) is 9.42. The van der Waals surface area contributed by atoms with Crippen molar-refractivity contribution in [2.24, 2.45) is 0 Å². The van der Waals surface area contributed by atoms with Crippen molar-refractivity contribution >= 4 is 44.5 Å². The lowest BCUT2D eigenvalue weighted by atomic mass is 10.2. The number of hydrogen-bond acceptors (Lipinski definition) is 8. The number of nitrogens with zero attached hydrogens (tertiary/aromatic N) is 6. The van der Waals surface area contributed by atoms with Crippen LogP contribution < -0.4 is 5.32 Å². The molecule has 3 aromatic heterocycles. The predicted octanol–water partition coefficient (Wildman–Crippen LogP) is 2.27. The average Bonchev–Trinajstić information content (AvgIpc) is 3.00. The SMILES string of the molecule is COCCS(=O)(=O)[N+]1=CC(c2nccc(Nc3cc4c(cn3)nc(C)n4C(C)C)n2)=C1. The Morgan fingerprint density at radius 3 is 2.71 bits per heavy atom. The highest BCUT2D eigenvalue weighted by molar-refractivity contribution is 7.85. The first kappa shape index (κ1) is 21.1. The largest absolute Gasteiger partial charge is 0.383 e. The molecule has 0 atom stereocenters. The molecule has 31 heavy (non-hydrogen) atoms. The molecule has 0 fully saturated rings. The Bertz CT molecular complexity index is 1310. The van der Waals surface area contributed by atoms with Crippen molar-refractivity contribution in [2.75, 3.05) is 24.8 Å². The summed E-state index contributed by atoms with van der Waals surface area (Å²) in [7, 11) is -1.96. The van der Waals surface area contributed by atoms with E-state index in [1.54, 1.807) is 18.5 Å². The minimum atomic E-state index is -3.43. The molecule has 0 bridgehead atoms. The van der Waals surface area contributed by atoms with Gasteiger partial charge in [0.25, 0.3) is 0 Å². The summed E-state index contributed by atoms with van der Waals surface area (Å²) in [5, 5.41) is 3.19. The van der Waals surface area contributed by atoms with Gasteiger partial charge >= 0.3 is 10.0 Å². The fourth-order valence-corrected chi connectivity index (χ4v) is 4.51. The summed E-state index contributed by atoms with van der Waals surface area (Å²) in [6, 6.07) is 3.94. The summed E-state index contributed by atoms with van der Waals surface area (Å²) in [6.45, 7) is 6.34. The van der Waals surface area contributed by atoms with Gasteiger partial charge in [-0.05, 0) is 26.8 Å². The minimum Gasteiger partial charge on any atom is -0.383 e. The Balaban J connectivity index is 1.54. The van der Waals surface area contributed by atoms with Crippen molar-refractivity contribution in [1.82, 2.24) is 24.5 Å². The molecule has 0 aromatic carbocycles. The number of aromatic nitrogens is 5. The fourth-order valence-electron chi connectivity index (χ4n) is 3.37. The van der Waals surface area contributed by atoms with Gasteiger partial charge < -0.3 is 14.6 Å².